The summed E-state index contributed by atoms with van der Waals surface area (Å²) < 4.78 is 0. The minimum atomic E-state index is 0.117. The first-order chi connectivity index (χ1) is 7.34. The maximum atomic E-state index is 11.8. The highest BCUT2D eigenvalue weighted by Crippen LogP contribution is 2.41. The first-order valence-electron chi connectivity index (χ1n) is 5.74. The highest BCUT2D eigenvalue weighted by Gasteiger charge is 2.33. The molecular weight excluding hydrogens is 186 g/mol. The molecule has 1 unspecified atom stereocenters. The molecule has 1 N–H and O–H groups in total. The van der Waals surface area contributed by atoms with Crippen LogP contribution in [-0.2, 0) is 4.79 Å². The molecule has 0 bridgehead atoms. The van der Waals surface area contributed by atoms with Gasteiger partial charge < -0.3 is 5.32 Å². The topological polar surface area (TPSA) is 29.1 Å². The molecule has 1 saturated carbocycles. The second-order valence-electron chi connectivity index (χ2n) is 4.66. The molecular formula is C13H15NO. The smallest absolute Gasteiger partial charge is 0.232 e. The van der Waals surface area contributed by atoms with E-state index in [1.807, 2.05) is 18.2 Å². The molecule has 1 aromatic carbocycles. The Balaban J connectivity index is 1.85. The largest absolute Gasteiger partial charge is 0.325 e. The van der Waals surface area contributed by atoms with Crippen LogP contribution in [0.5, 0.6) is 0 Å². The van der Waals surface area contributed by atoms with Crippen LogP contribution in [0, 0.1) is 5.92 Å². The number of hydrogen-bond acceptors (Lipinski definition) is 1. The third kappa shape index (κ3) is 1.44. The van der Waals surface area contributed by atoms with E-state index in [1.165, 1.54) is 24.8 Å². The summed E-state index contributed by atoms with van der Waals surface area (Å²) in [5.74, 6) is 1.10. The maximum Gasteiger partial charge on any atom is 0.232 e. The second kappa shape index (κ2) is 3.37. The third-order valence-electron chi connectivity index (χ3n) is 3.70. The molecule has 1 atom stereocenters. The van der Waals surface area contributed by atoms with Gasteiger partial charge in [0.25, 0.3) is 0 Å². The highest BCUT2D eigenvalue weighted by molar-refractivity contribution is 6.02. The van der Waals surface area contributed by atoms with Gasteiger partial charge in [0.2, 0.25) is 5.91 Å². The van der Waals surface area contributed by atoms with Gasteiger partial charge in [0.15, 0.2) is 0 Å². The van der Waals surface area contributed by atoms with Gasteiger partial charge in [-0.2, -0.15) is 0 Å². The van der Waals surface area contributed by atoms with Crippen LogP contribution in [0.4, 0.5) is 5.69 Å². The number of carbonyl (C=O) groups excluding carboxylic acids is 1. The summed E-state index contributed by atoms with van der Waals surface area (Å²) in [5.41, 5.74) is 2.22. The molecule has 1 aliphatic carbocycles. The summed E-state index contributed by atoms with van der Waals surface area (Å²) in [6, 6.07) is 8.07. The van der Waals surface area contributed by atoms with Gasteiger partial charge >= 0.3 is 0 Å². The Labute approximate surface area is 89.7 Å². The van der Waals surface area contributed by atoms with Crippen LogP contribution < -0.4 is 5.32 Å². The number of benzene rings is 1. The highest BCUT2D eigenvalue weighted by atomic mass is 16.2. The number of rotatable bonds is 2. The van der Waals surface area contributed by atoms with E-state index in [9.17, 15) is 4.79 Å². The minimum absolute atomic E-state index is 0.117. The van der Waals surface area contributed by atoms with E-state index in [-0.39, 0.29) is 11.8 Å². The van der Waals surface area contributed by atoms with Crippen molar-refractivity contribution in [1.29, 1.82) is 0 Å². The number of nitrogens with one attached hydrogen (secondary N) is 1. The summed E-state index contributed by atoms with van der Waals surface area (Å²) in [6.45, 7) is 0. The SMILES string of the molecule is O=C1Nc2ccccc2C1CC1CCC1. The van der Waals surface area contributed by atoms with Gasteiger partial charge in [-0.1, -0.05) is 37.5 Å². The van der Waals surface area contributed by atoms with Crippen molar-refractivity contribution in [3.8, 4) is 0 Å². The molecule has 2 heteroatoms. The average molecular weight is 201 g/mol. The Kier molecular flexibility index (Phi) is 2.01. The average Bonchev–Trinajstić information content (AvgIpc) is 2.48. The van der Waals surface area contributed by atoms with E-state index >= 15 is 0 Å². The second-order valence-corrected chi connectivity index (χ2v) is 4.66. The van der Waals surface area contributed by atoms with Crippen LogP contribution in [0.25, 0.3) is 0 Å². The van der Waals surface area contributed by atoms with E-state index in [0.29, 0.717) is 0 Å². The van der Waals surface area contributed by atoms with Gasteiger partial charge in [-0.3, -0.25) is 4.79 Å². The monoisotopic (exact) mass is 201 g/mol. The van der Waals surface area contributed by atoms with E-state index in [1.54, 1.807) is 0 Å². The summed E-state index contributed by atoms with van der Waals surface area (Å²) in [4.78, 5) is 11.8. The van der Waals surface area contributed by atoms with Crippen molar-refractivity contribution < 1.29 is 4.79 Å². The van der Waals surface area contributed by atoms with Crippen LogP contribution in [0.1, 0.15) is 37.2 Å². The van der Waals surface area contributed by atoms with Crippen LogP contribution in [0.2, 0.25) is 0 Å². The fourth-order valence-electron chi connectivity index (χ4n) is 2.57. The zero-order valence-corrected chi connectivity index (χ0v) is 8.70. The number of carbonyl (C=O) groups is 1. The Morgan fingerprint density at radius 3 is 2.80 bits per heavy atom. The van der Waals surface area contributed by atoms with Crippen molar-refractivity contribution in [3.63, 3.8) is 0 Å². The lowest BCUT2D eigenvalue weighted by Gasteiger charge is -2.27. The first kappa shape index (κ1) is 8.96. The Morgan fingerprint density at radius 1 is 1.27 bits per heavy atom. The molecule has 0 radical (unpaired) electrons. The lowest BCUT2D eigenvalue weighted by atomic mass is 9.77. The van der Waals surface area contributed by atoms with Gasteiger partial charge in [-0.25, -0.2) is 0 Å². The summed E-state index contributed by atoms with van der Waals surface area (Å²) >= 11 is 0. The van der Waals surface area contributed by atoms with Gasteiger partial charge in [0.1, 0.15) is 0 Å². The molecule has 78 valence electrons. The number of fused-ring (bicyclic) bond motifs is 1. The molecule has 2 nitrogen and oxygen atoms in total. The number of amides is 1. The van der Waals surface area contributed by atoms with Gasteiger partial charge in [0.05, 0.1) is 5.92 Å². The van der Waals surface area contributed by atoms with Crippen molar-refractivity contribution >= 4 is 11.6 Å². The predicted molar refractivity (Wildman–Crippen MR) is 59.8 cm³/mol. The third-order valence-corrected chi connectivity index (χ3v) is 3.70. The van der Waals surface area contributed by atoms with Crippen molar-refractivity contribution in [3.05, 3.63) is 29.8 Å². The molecule has 1 aromatic rings. The normalized spacial score (nSPS) is 24.5. The van der Waals surface area contributed by atoms with Gasteiger partial charge in [0, 0.05) is 5.69 Å². The van der Waals surface area contributed by atoms with Crippen LogP contribution in [0.3, 0.4) is 0 Å². The minimum Gasteiger partial charge on any atom is -0.325 e. The van der Waals surface area contributed by atoms with Crippen LogP contribution in [-0.4, -0.2) is 5.91 Å². The van der Waals surface area contributed by atoms with Crippen molar-refractivity contribution in [1.82, 2.24) is 0 Å². The van der Waals surface area contributed by atoms with E-state index in [4.69, 9.17) is 0 Å². The van der Waals surface area contributed by atoms with Gasteiger partial charge in [-0.15, -0.1) is 0 Å². The van der Waals surface area contributed by atoms with Crippen LogP contribution >= 0.6 is 0 Å². The molecule has 3 rings (SSSR count). The van der Waals surface area contributed by atoms with Gasteiger partial charge in [-0.05, 0) is 24.0 Å². The predicted octanol–water partition coefficient (Wildman–Crippen LogP) is 2.91. The number of anilines is 1. The zero-order chi connectivity index (χ0) is 10.3. The fourth-order valence-corrected chi connectivity index (χ4v) is 2.57. The Hall–Kier alpha value is -1.31. The Morgan fingerprint density at radius 2 is 2.07 bits per heavy atom. The Bertz CT molecular complexity index is 395. The van der Waals surface area contributed by atoms with Crippen molar-refractivity contribution in [2.24, 2.45) is 5.92 Å². The molecule has 0 saturated heterocycles. The lowest BCUT2D eigenvalue weighted by molar-refractivity contribution is -0.117. The molecule has 1 amide bonds. The van der Waals surface area contributed by atoms with Crippen LogP contribution in [0.15, 0.2) is 24.3 Å². The lowest BCUT2D eigenvalue weighted by Crippen LogP contribution is -2.19. The molecule has 15 heavy (non-hydrogen) atoms. The zero-order valence-electron chi connectivity index (χ0n) is 8.70. The van der Waals surface area contributed by atoms with E-state index in [2.05, 4.69) is 11.4 Å². The molecule has 0 spiro atoms. The van der Waals surface area contributed by atoms with Crippen molar-refractivity contribution in [2.75, 3.05) is 5.32 Å². The van der Waals surface area contributed by atoms with Crippen molar-refractivity contribution in [2.45, 2.75) is 31.6 Å². The maximum absolute atomic E-state index is 11.8. The fraction of sp³-hybridized carbons (Fsp3) is 0.462. The molecule has 1 heterocycles. The first-order valence-corrected chi connectivity index (χ1v) is 5.74. The standard InChI is InChI=1S/C13H15NO/c15-13-11(8-9-4-3-5-9)10-6-1-2-7-12(10)14-13/h1-2,6-7,9,11H,3-5,8H2,(H,14,15). The van der Waals surface area contributed by atoms with E-state index in [0.717, 1.165) is 18.0 Å². The molecule has 2 aliphatic rings. The summed E-state index contributed by atoms with van der Waals surface area (Å²) in [7, 11) is 0. The molecule has 1 aliphatic heterocycles. The molecule has 0 aromatic heterocycles. The molecule has 1 fully saturated rings. The number of para-hydroxylation sites is 1. The summed E-state index contributed by atoms with van der Waals surface area (Å²) in [5, 5.41) is 2.96. The number of hydrogen-bond donors (Lipinski definition) is 1. The van der Waals surface area contributed by atoms with E-state index < -0.39 is 0 Å². The quantitative estimate of drug-likeness (QED) is 0.783. The summed E-state index contributed by atoms with van der Waals surface area (Å²) in [6.07, 6.45) is 5.02.